The van der Waals surface area contributed by atoms with E-state index in [2.05, 4.69) is 21.4 Å². The maximum Gasteiger partial charge on any atom is 0.233 e. The molecule has 3 N–H and O–H groups in total. The summed E-state index contributed by atoms with van der Waals surface area (Å²) >= 11 is 3.46. The Morgan fingerprint density at radius 3 is 2.79 bits per heavy atom. The first-order valence-corrected chi connectivity index (χ1v) is 5.26. The van der Waals surface area contributed by atoms with Gasteiger partial charge in [0.05, 0.1) is 0 Å². The molecule has 0 fully saturated rings. The molecule has 1 amide bonds. The number of nitrogens with one attached hydrogen (secondary N) is 1. The van der Waals surface area contributed by atoms with E-state index in [4.69, 9.17) is 5.84 Å². The first-order chi connectivity index (χ1) is 6.74. The van der Waals surface area contributed by atoms with Gasteiger partial charge in [0.15, 0.2) is 0 Å². The zero-order chi connectivity index (χ0) is 10.4. The largest absolute Gasteiger partial charge is 0.294 e. The van der Waals surface area contributed by atoms with E-state index in [1.54, 1.807) is 0 Å². The third-order valence-electron chi connectivity index (χ3n) is 1.97. The number of hydrogen-bond acceptors (Lipinski definition) is 2. The average molecular weight is 257 g/mol. The number of nitrogens with two attached hydrogens (primary N) is 1. The highest BCUT2D eigenvalue weighted by Gasteiger charge is 2.01. The van der Waals surface area contributed by atoms with Crippen LogP contribution in [0.1, 0.15) is 18.4 Å². The van der Waals surface area contributed by atoms with Gasteiger partial charge in [-0.05, 0) is 24.5 Å². The molecule has 4 heteroatoms. The van der Waals surface area contributed by atoms with Gasteiger partial charge in [-0.15, -0.1) is 0 Å². The summed E-state index contributed by atoms with van der Waals surface area (Å²) in [5.41, 5.74) is 3.33. The molecule has 0 atom stereocenters. The Hall–Kier alpha value is -0.870. The first kappa shape index (κ1) is 11.2. The molecule has 3 nitrogen and oxygen atoms in total. The topological polar surface area (TPSA) is 55.1 Å². The third-order valence-corrected chi connectivity index (χ3v) is 2.74. The van der Waals surface area contributed by atoms with Crippen molar-refractivity contribution in [2.24, 2.45) is 5.84 Å². The Morgan fingerprint density at radius 1 is 1.43 bits per heavy atom. The molecule has 1 aromatic rings. The molecule has 0 aliphatic rings. The Labute approximate surface area is 91.8 Å². The summed E-state index contributed by atoms with van der Waals surface area (Å²) in [5, 5.41) is 0. The molecule has 1 aromatic carbocycles. The van der Waals surface area contributed by atoms with Crippen molar-refractivity contribution in [3.05, 3.63) is 34.3 Å². The highest BCUT2D eigenvalue weighted by Crippen LogP contribution is 2.17. The normalized spacial score (nSPS) is 9.86. The summed E-state index contributed by atoms with van der Waals surface area (Å²) < 4.78 is 1.09. The molecule has 0 spiro atoms. The predicted octanol–water partition coefficient (Wildman–Crippen LogP) is 1.76. The van der Waals surface area contributed by atoms with E-state index in [-0.39, 0.29) is 5.91 Å². The van der Waals surface area contributed by atoms with Crippen molar-refractivity contribution in [2.75, 3.05) is 0 Å². The van der Waals surface area contributed by atoms with Gasteiger partial charge in [-0.2, -0.15) is 0 Å². The van der Waals surface area contributed by atoms with E-state index in [1.807, 2.05) is 24.3 Å². The minimum absolute atomic E-state index is 0.114. The maximum absolute atomic E-state index is 10.8. The molecule has 0 heterocycles. The highest BCUT2D eigenvalue weighted by atomic mass is 79.9. The van der Waals surface area contributed by atoms with Crippen molar-refractivity contribution in [1.29, 1.82) is 0 Å². The summed E-state index contributed by atoms with van der Waals surface area (Å²) in [4.78, 5) is 10.8. The van der Waals surface area contributed by atoms with Crippen LogP contribution in [0.25, 0.3) is 0 Å². The monoisotopic (exact) mass is 256 g/mol. The van der Waals surface area contributed by atoms with Crippen LogP contribution in [0.4, 0.5) is 0 Å². The van der Waals surface area contributed by atoms with Crippen LogP contribution in [0.2, 0.25) is 0 Å². The minimum Gasteiger partial charge on any atom is -0.294 e. The molecule has 0 unspecified atom stereocenters. The van der Waals surface area contributed by atoms with Gasteiger partial charge in [0.1, 0.15) is 0 Å². The minimum atomic E-state index is -0.114. The Balaban J connectivity index is 2.39. The van der Waals surface area contributed by atoms with Crippen LogP contribution < -0.4 is 11.3 Å². The molecule has 0 bridgehead atoms. The molecule has 76 valence electrons. The van der Waals surface area contributed by atoms with Crippen LogP contribution >= 0.6 is 15.9 Å². The Kier molecular flexibility index (Phi) is 4.62. The number of carbonyl (C=O) groups is 1. The van der Waals surface area contributed by atoms with Gasteiger partial charge >= 0.3 is 0 Å². The fraction of sp³-hybridized carbons (Fsp3) is 0.300. The number of carbonyl (C=O) groups excluding carboxylic acids is 1. The summed E-state index contributed by atoms with van der Waals surface area (Å²) in [6.07, 6.45) is 2.17. The number of hydrogen-bond donors (Lipinski definition) is 2. The lowest BCUT2D eigenvalue weighted by Crippen LogP contribution is -2.29. The molecular formula is C10H13BrN2O. The van der Waals surface area contributed by atoms with E-state index < -0.39 is 0 Å². The van der Waals surface area contributed by atoms with Crippen LogP contribution in [-0.2, 0) is 11.2 Å². The van der Waals surface area contributed by atoms with Crippen molar-refractivity contribution in [1.82, 2.24) is 5.43 Å². The average Bonchev–Trinajstić information content (AvgIpc) is 2.20. The Bertz CT molecular complexity index is 315. The number of amides is 1. The lowest BCUT2D eigenvalue weighted by Gasteiger charge is -2.03. The fourth-order valence-corrected chi connectivity index (χ4v) is 1.70. The molecular weight excluding hydrogens is 244 g/mol. The fourth-order valence-electron chi connectivity index (χ4n) is 1.21. The zero-order valence-corrected chi connectivity index (χ0v) is 9.38. The molecule has 0 aliphatic carbocycles. The molecule has 0 saturated carbocycles. The van der Waals surface area contributed by atoms with Crippen molar-refractivity contribution in [3.63, 3.8) is 0 Å². The standard InChI is InChI=1S/C10H13BrN2O/c11-9-6-2-1-4-8(9)5-3-7-10(14)13-12/h1-2,4,6H,3,5,7,12H2,(H,13,14). The predicted molar refractivity (Wildman–Crippen MR) is 59.4 cm³/mol. The summed E-state index contributed by atoms with van der Waals surface area (Å²) in [6.45, 7) is 0. The van der Waals surface area contributed by atoms with Gasteiger partial charge in [-0.3, -0.25) is 10.2 Å². The molecule has 0 aliphatic heterocycles. The Morgan fingerprint density at radius 2 is 2.14 bits per heavy atom. The van der Waals surface area contributed by atoms with E-state index >= 15 is 0 Å². The maximum atomic E-state index is 10.8. The van der Waals surface area contributed by atoms with Gasteiger partial charge in [0, 0.05) is 10.9 Å². The lowest BCUT2D eigenvalue weighted by molar-refractivity contribution is -0.121. The van der Waals surface area contributed by atoms with Crippen LogP contribution in [0.5, 0.6) is 0 Å². The van der Waals surface area contributed by atoms with Crippen molar-refractivity contribution >= 4 is 21.8 Å². The summed E-state index contributed by atoms with van der Waals surface area (Å²) in [7, 11) is 0. The molecule has 1 rings (SSSR count). The second-order valence-electron chi connectivity index (χ2n) is 3.01. The second kappa shape index (κ2) is 5.78. The first-order valence-electron chi connectivity index (χ1n) is 4.47. The van der Waals surface area contributed by atoms with Crippen molar-refractivity contribution in [2.45, 2.75) is 19.3 Å². The zero-order valence-electron chi connectivity index (χ0n) is 7.79. The van der Waals surface area contributed by atoms with E-state index in [0.717, 1.165) is 17.3 Å². The third kappa shape index (κ3) is 3.47. The summed E-state index contributed by atoms with van der Waals surface area (Å²) in [5.74, 6) is 4.86. The van der Waals surface area contributed by atoms with Gasteiger partial charge in [-0.25, -0.2) is 5.84 Å². The number of rotatable bonds is 4. The number of halogens is 1. The van der Waals surface area contributed by atoms with Crippen LogP contribution in [0, 0.1) is 0 Å². The molecule has 0 aromatic heterocycles. The number of benzene rings is 1. The molecule has 0 saturated heterocycles. The van der Waals surface area contributed by atoms with Gasteiger partial charge in [0.25, 0.3) is 0 Å². The molecule has 14 heavy (non-hydrogen) atoms. The molecule has 0 radical (unpaired) electrons. The van der Waals surface area contributed by atoms with E-state index in [1.165, 1.54) is 5.56 Å². The van der Waals surface area contributed by atoms with Crippen molar-refractivity contribution in [3.8, 4) is 0 Å². The van der Waals surface area contributed by atoms with E-state index in [0.29, 0.717) is 6.42 Å². The quantitative estimate of drug-likeness (QED) is 0.490. The smallest absolute Gasteiger partial charge is 0.233 e. The van der Waals surface area contributed by atoms with E-state index in [9.17, 15) is 4.79 Å². The van der Waals surface area contributed by atoms with Crippen LogP contribution in [0.15, 0.2) is 28.7 Å². The number of hydrazine groups is 1. The van der Waals surface area contributed by atoms with Gasteiger partial charge in [0.2, 0.25) is 5.91 Å². The van der Waals surface area contributed by atoms with Crippen molar-refractivity contribution < 1.29 is 4.79 Å². The SMILES string of the molecule is NNC(=O)CCCc1ccccc1Br. The lowest BCUT2D eigenvalue weighted by atomic mass is 10.1. The van der Waals surface area contributed by atoms with Crippen LogP contribution in [-0.4, -0.2) is 5.91 Å². The van der Waals surface area contributed by atoms with Gasteiger partial charge < -0.3 is 0 Å². The summed E-state index contributed by atoms with van der Waals surface area (Å²) in [6, 6.07) is 8.01. The second-order valence-corrected chi connectivity index (χ2v) is 3.87. The van der Waals surface area contributed by atoms with Crippen LogP contribution in [0.3, 0.4) is 0 Å². The van der Waals surface area contributed by atoms with Gasteiger partial charge in [-0.1, -0.05) is 34.1 Å². The highest BCUT2D eigenvalue weighted by molar-refractivity contribution is 9.10. The number of aryl methyl sites for hydroxylation is 1.